The Balaban J connectivity index is 3.64. The number of hydrogen-bond acceptors (Lipinski definition) is 6. The molecule has 0 radical (unpaired) electrons. The number of nitrogens with zero attached hydrogens (tertiary/aromatic N) is 1. The molecule has 0 saturated heterocycles. The van der Waals surface area contributed by atoms with E-state index in [0.29, 0.717) is 0 Å². The third-order valence-electron chi connectivity index (χ3n) is 4.72. The number of hydrogen-bond donors (Lipinski definition) is 5. The molecule has 0 spiro atoms. The van der Waals surface area contributed by atoms with Gasteiger partial charge in [0.25, 0.3) is 0 Å². The van der Waals surface area contributed by atoms with E-state index in [1.54, 1.807) is 0 Å². The Labute approximate surface area is 153 Å². The van der Waals surface area contributed by atoms with Crippen LogP contribution in [0.2, 0.25) is 0 Å². The van der Waals surface area contributed by atoms with E-state index in [9.17, 15) is 20.4 Å². The maximum absolute atomic E-state index is 9.92. The fourth-order valence-electron chi connectivity index (χ4n) is 2.95. The Kier molecular flexibility index (Phi) is 15.8. The van der Waals surface area contributed by atoms with Gasteiger partial charge in [-0.1, -0.05) is 64.7 Å². The van der Waals surface area contributed by atoms with Crippen LogP contribution in [0.25, 0.3) is 0 Å². The molecule has 6 heteroatoms. The van der Waals surface area contributed by atoms with Gasteiger partial charge in [-0.15, -0.1) is 0 Å². The van der Waals surface area contributed by atoms with Crippen LogP contribution in [0.4, 0.5) is 0 Å². The first kappa shape index (κ1) is 24.8. The van der Waals surface area contributed by atoms with Gasteiger partial charge in [-0.2, -0.15) is 0 Å². The normalized spacial score (nSPS) is 16.8. The van der Waals surface area contributed by atoms with Gasteiger partial charge in [-0.05, 0) is 20.0 Å². The molecule has 0 bridgehead atoms. The molecular formula is C19H41NO5. The van der Waals surface area contributed by atoms with E-state index in [4.69, 9.17) is 5.11 Å². The Morgan fingerprint density at radius 2 is 1.12 bits per heavy atom. The van der Waals surface area contributed by atoms with E-state index in [-0.39, 0.29) is 6.54 Å². The molecule has 152 valence electrons. The van der Waals surface area contributed by atoms with Crippen LogP contribution in [-0.4, -0.2) is 81.6 Å². The second-order valence-electron chi connectivity index (χ2n) is 7.24. The van der Waals surface area contributed by atoms with Gasteiger partial charge in [0.15, 0.2) is 0 Å². The second kappa shape index (κ2) is 16.0. The summed E-state index contributed by atoms with van der Waals surface area (Å²) in [5, 5.41) is 47.4. The standard InChI is InChI=1S/C19H41NO5/c1-3-4-5-6-7-8-9-10-11-12-13-20(2)14-16(22)18(24)19(25)17(23)15-21/h16-19,21-25H,3-15H2,1-2H3/t16-,17+,18+,19+/m0/s1. The molecule has 0 rings (SSSR count). The lowest BCUT2D eigenvalue weighted by atomic mass is 10.0. The summed E-state index contributed by atoms with van der Waals surface area (Å²) in [6.45, 7) is 2.61. The molecule has 0 saturated carbocycles. The average Bonchev–Trinajstić information content (AvgIpc) is 2.61. The number of likely N-dealkylation sites (N-methyl/N-ethyl adjacent to an activating group) is 1. The lowest BCUT2D eigenvalue weighted by Crippen LogP contribution is -2.49. The molecule has 0 fully saturated rings. The zero-order valence-electron chi connectivity index (χ0n) is 16.2. The first-order valence-corrected chi connectivity index (χ1v) is 9.95. The highest BCUT2D eigenvalue weighted by molar-refractivity contribution is 4.82. The molecule has 0 aliphatic rings. The lowest BCUT2D eigenvalue weighted by molar-refractivity contribution is -0.118. The average molecular weight is 364 g/mol. The Morgan fingerprint density at radius 3 is 1.60 bits per heavy atom. The molecule has 0 aromatic heterocycles. The monoisotopic (exact) mass is 363 g/mol. The van der Waals surface area contributed by atoms with Crippen molar-refractivity contribution in [2.75, 3.05) is 26.7 Å². The third-order valence-corrected chi connectivity index (χ3v) is 4.72. The van der Waals surface area contributed by atoms with Crippen molar-refractivity contribution in [2.45, 2.75) is 95.5 Å². The van der Waals surface area contributed by atoms with Crippen LogP contribution in [0.1, 0.15) is 71.1 Å². The van der Waals surface area contributed by atoms with E-state index < -0.39 is 31.0 Å². The van der Waals surface area contributed by atoms with Gasteiger partial charge in [-0.3, -0.25) is 0 Å². The van der Waals surface area contributed by atoms with Gasteiger partial charge in [0.2, 0.25) is 0 Å². The highest BCUT2D eigenvalue weighted by atomic mass is 16.4. The summed E-state index contributed by atoms with van der Waals surface area (Å²) in [4.78, 5) is 1.91. The topological polar surface area (TPSA) is 104 Å². The fraction of sp³-hybridized carbons (Fsp3) is 1.00. The van der Waals surface area contributed by atoms with E-state index >= 15 is 0 Å². The predicted molar refractivity (Wildman–Crippen MR) is 100 cm³/mol. The molecule has 0 amide bonds. The van der Waals surface area contributed by atoms with Gasteiger partial charge < -0.3 is 30.4 Å². The first-order chi connectivity index (χ1) is 11.9. The molecule has 0 heterocycles. The molecule has 4 atom stereocenters. The number of unbranched alkanes of at least 4 members (excludes halogenated alkanes) is 9. The summed E-state index contributed by atoms with van der Waals surface area (Å²) in [6, 6.07) is 0. The van der Waals surface area contributed by atoms with E-state index in [2.05, 4.69) is 6.92 Å². The van der Waals surface area contributed by atoms with E-state index in [0.717, 1.165) is 19.4 Å². The van der Waals surface area contributed by atoms with Crippen LogP contribution < -0.4 is 0 Å². The summed E-state index contributed by atoms with van der Waals surface area (Å²) in [5.41, 5.74) is 0. The maximum atomic E-state index is 9.92. The molecule has 0 unspecified atom stereocenters. The Hall–Kier alpha value is -0.240. The number of aliphatic hydroxyl groups excluding tert-OH is 5. The van der Waals surface area contributed by atoms with Gasteiger partial charge in [0.05, 0.1) is 12.7 Å². The minimum Gasteiger partial charge on any atom is -0.394 e. The summed E-state index contributed by atoms with van der Waals surface area (Å²) >= 11 is 0. The Morgan fingerprint density at radius 1 is 0.680 bits per heavy atom. The van der Waals surface area contributed by atoms with Crippen LogP contribution in [-0.2, 0) is 0 Å². The zero-order valence-corrected chi connectivity index (χ0v) is 16.2. The molecule has 0 aliphatic carbocycles. The van der Waals surface area contributed by atoms with Crippen molar-refractivity contribution in [3.8, 4) is 0 Å². The number of aliphatic hydroxyl groups is 5. The van der Waals surface area contributed by atoms with Crippen molar-refractivity contribution in [3.63, 3.8) is 0 Å². The van der Waals surface area contributed by atoms with Crippen molar-refractivity contribution in [1.29, 1.82) is 0 Å². The fourth-order valence-corrected chi connectivity index (χ4v) is 2.95. The van der Waals surface area contributed by atoms with Gasteiger partial charge in [0.1, 0.15) is 18.3 Å². The van der Waals surface area contributed by atoms with E-state index in [1.165, 1.54) is 51.4 Å². The summed E-state index contributed by atoms with van der Waals surface area (Å²) in [5.74, 6) is 0. The van der Waals surface area contributed by atoms with Crippen molar-refractivity contribution >= 4 is 0 Å². The minimum absolute atomic E-state index is 0.216. The molecule has 0 aliphatic heterocycles. The summed E-state index contributed by atoms with van der Waals surface area (Å²) in [6.07, 6.45) is 7.08. The molecule has 25 heavy (non-hydrogen) atoms. The van der Waals surface area contributed by atoms with Crippen molar-refractivity contribution in [2.24, 2.45) is 0 Å². The molecule has 0 aromatic rings. The number of rotatable bonds is 17. The van der Waals surface area contributed by atoms with Crippen molar-refractivity contribution in [1.82, 2.24) is 4.90 Å². The zero-order chi connectivity index (χ0) is 19.1. The van der Waals surface area contributed by atoms with Gasteiger partial charge >= 0.3 is 0 Å². The van der Waals surface area contributed by atoms with Crippen LogP contribution in [0, 0.1) is 0 Å². The highest BCUT2D eigenvalue weighted by Gasteiger charge is 2.30. The smallest absolute Gasteiger partial charge is 0.111 e. The molecule has 0 aromatic carbocycles. The van der Waals surface area contributed by atoms with E-state index in [1.807, 2.05) is 11.9 Å². The van der Waals surface area contributed by atoms with Crippen LogP contribution in [0.3, 0.4) is 0 Å². The minimum atomic E-state index is -1.55. The molecule has 6 nitrogen and oxygen atoms in total. The quantitative estimate of drug-likeness (QED) is 0.249. The van der Waals surface area contributed by atoms with Crippen LogP contribution >= 0.6 is 0 Å². The first-order valence-electron chi connectivity index (χ1n) is 9.95. The van der Waals surface area contributed by atoms with Crippen molar-refractivity contribution < 1.29 is 25.5 Å². The maximum Gasteiger partial charge on any atom is 0.111 e. The SMILES string of the molecule is CCCCCCCCCCCCN(C)C[C@H](O)[C@@H](O)[C@H](O)[C@H](O)CO. The predicted octanol–water partition coefficient (Wildman–Crippen LogP) is 1.27. The van der Waals surface area contributed by atoms with Crippen LogP contribution in [0.5, 0.6) is 0 Å². The van der Waals surface area contributed by atoms with Crippen LogP contribution in [0.15, 0.2) is 0 Å². The largest absolute Gasteiger partial charge is 0.394 e. The van der Waals surface area contributed by atoms with Crippen molar-refractivity contribution in [3.05, 3.63) is 0 Å². The lowest BCUT2D eigenvalue weighted by Gasteiger charge is -2.28. The molecule has 5 N–H and O–H groups in total. The molecular weight excluding hydrogens is 322 g/mol. The Bertz CT molecular complexity index is 293. The van der Waals surface area contributed by atoms with Gasteiger partial charge in [-0.25, -0.2) is 0 Å². The van der Waals surface area contributed by atoms with Gasteiger partial charge in [0, 0.05) is 6.54 Å². The summed E-state index contributed by atoms with van der Waals surface area (Å²) in [7, 11) is 1.86. The summed E-state index contributed by atoms with van der Waals surface area (Å²) < 4.78 is 0. The third kappa shape index (κ3) is 12.7. The highest BCUT2D eigenvalue weighted by Crippen LogP contribution is 2.11. The second-order valence-corrected chi connectivity index (χ2v) is 7.24.